The third-order valence-electron chi connectivity index (χ3n) is 5.33. The van der Waals surface area contributed by atoms with E-state index in [9.17, 15) is 13.2 Å². The standard InChI is InChI=1S/C17H24ClN3O3S/c1-19-17(22)20-8-5-13(6-9-20)14-7-10-21(12-14)25(23,24)16-4-2-3-15(18)11-16/h2-4,11,13-14H,5-10,12H2,1H3,(H,19,22). The van der Waals surface area contributed by atoms with E-state index in [2.05, 4.69) is 5.32 Å². The molecule has 0 saturated carbocycles. The van der Waals surface area contributed by atoms with E-state index in [4.69, 9.17) is 11.6 Å². The monoisotopic (exact) mass is 385 g/mol. The Balaban J connectivity index is 1.62. The maximum Gasteiger partial charge on any atom is 0.317 e. The molecule has 138 valence electrons. The molecular formula is C17H24ClN3O3S. The number of amides is 2. The van der Waals surface area contributed by atoms with Gasteiger partial charge in [-0.15, -0.1) is 0 Å². The number of likely N-dealkylation sites (tertiary alicyclic amines) is 1. The largest absolute Gasteiger partial charge is 0.341 e. The van der Waals surface area contributed by atoms with Crippen molar-refractivity contribution in [3.05, 3.63) is 29.3 Å². The van der Waals surface area contributed by atoms with Crippen molar-refractivity contribution in [1.29, 1.82) is 0 Å². The van der Waals surface area contributed by atoms with Gasteiger partial charge in [0.15, 0.2) is 0 Å². The lowest BCUT2D eigenvalue weighted by Gasteiger charge is -2.34. The van der Waals surface area contributed by atoms with Crippen LogP contribution in [0, 0.1) is 11.8 Å². The summed E-state index contributed by atoms with van der Waals surface area (Å²) in [6, 6.07) is 6.41. The summed E-state index contributed by atoms with van der Waals surface area (Å²) in [5.41, 5.74) is 0. The highest BCUT2D eigenvalue weighted by Crippen LogP contribution is 2.34. The predicted molar refractivity (Wildman–Crippen MR) is 97.1 cm³/mol. The first-order valence-electron chi connectivity index (χ1n) is 8.64. The normalized spacial score (nSPS) is 23.0. The molecule has 0 aliphatic carbocycles. The molecule has 6 nitrogen and oxygen atoms in total. The minimum Gasteiger partial charge on any atom is -0.341 e. The number of carbonyl (C=O) groups excluding carboxylic acids is 1. The fourth-order valence-corrected chi connectivity index (χ4v) is 5.68. The molecule has 2 saturated heterocycles. The number of urea groups is 1. The Labute approximate surface area is 154 Å². The maximum atomic E-state index is 12.8. The van der Waals surface area contributed by atoms with Gasteiger partial charge in [0.05, 0.1) is 4.90 Å². The van der Waals surface area contributed by atoms with Crippen LogP contribution in [0.3, 0.4) is 0 Å². The van der Waals surface area contributed by atoms with Crippen LogP contribution in [0.1, 0.15) is 19.3 Å². The second-order valence-electron chi connectivity index (χ2n) is 6.75. The minimum absolute atomic E-state index is 0.0324. The lowest BCUT2D eigenvalue weighted by molar-refractivity contribution is 0.153. The first-order chi connectivity index (χ1) is 11.9. The van der Waals surface area contributed by atoms with Crippen LogP contribution in [0.5, 0.6) is 0 Å². The van der Waals surface area contributed by atoms with Gasteiger partial charge in [0, 0.05) is 38.2 Å². The van der Waals surface area contributed by atoms with Crippen molar-refractivity contribution in [2.45, 2.75) is 24.2 Å². The zero-order valence-corrected chi connectivity index (χ0v) is 15.9. The number of sulfonamides is 1. The molecule has 3 rings (SSSR count). The van der Waals surface area contributed by atoms with Gasteiger partial charge in [-0.1, -0.05) is 17.7 Å². The first kappa shape index (κ1) is 18.5. The van der Waals surface area contributed by atoms with Crippen LogP contribution in [-0.2, 0) is 10.0 Å². The number of hydrogen-bond donors (Lipinski definition) is 1. The van der Waals surface area contributed by atoms with Gasteiger partial charge in [0.1, 0.15) is 0 Å². The molecule has 0 radical (unpaired) electrons. The smallest absolute Gasteiger partial charge is 0.317 e. The zero-order valence-electron chi connectivity index (χ0n) is 14.3. The van der Waals surface area contributed by atoms with Crippen LogP contribution in [0.15, 0.2) is 29.2 Å². The summed E-state index contributed by atoms with van der Waals surface area (Å²) in [4.78, 5) is 13.8. The number of piperidine rings is 1. The average Bonchev–Trinajstić information content (AvgIpc) is 3.12. The minimum atomic E-state index is -3.49. The van der Waals surface area contributed by atoms with Gasteiger partial charge >= 0.3 is 6.03 Å². The third-order valence-corrected chi connectivity index (χ3v) is 7.42. The van der Waals surface area contributed by atoms with Crippen LogP contribution < -0.4 is 5.32 Å². The van der Waals surface area contributed by atoms with E-state index < -0.39 is 10.0 Å². The highest BCUT2D eigenvalue weighted by molar-refractivity contribution is 7.89. The molecule has 1 atom stereocenters. The molecule has 0 bridgehead atoms. The van der Waals surface area contributed by atoms with Gasteiger partial charge < -0.3 is 10.2 Å². The van der Waals surface area contributed by atoms with Gasteiger partial charge in [-0.2, -0.15) is 4.31 Å². The highest BCUT2D eigenvalue weighted by atomic mass is 35.5. The molecule has 1 N–H and O–H groups in total. The Morgan fingerprint density at radius 3 is 2.48 bits per heavy atom. The Morgan fingerprint density at radius 2 is 1.84 bits per heavy atom. The van der Waals surface area contributed by atoms with Crippen molar-refractivity contribution in [3.8, 4) is 0 Å². The van der Waals surface area contributed by atoms with E-state index in [0.717, 1.165) is 32.4 Å². The molecule has 2 aliphatic heterocycles. The molecular weight excluding hydrogens is 362 g/mol. The topological polar surface area (TPSA) is 69.7 Å². The Hall–Kier alpha value is -1.31. The Morgan fingerprint density at radius 1 is 1.16 bits per heavy atom. The van der Waals surface area contributed by atoms with Gasteiger partial charge in [-0.05, 0) is 49.3 Å². The average molecular weight is 386 g/mol. The van der Waals surface area contributed by atoms with Crippen LogP contribution in [-0.4, -0.2) is 56.9 Å². The Kier molecular flexibility index (Phi) is 5.55. The lowest BCUT2D eigenvalue weighted by Crippen LogP contribution is -2.44. The molecule has 1 aromatic rings. The van der Waals surface area contributed by atoms with Crippen molar-refractivity contribution in [3.63, 3.8) is 0 Å². The summed E-state index contributed by atoms with van der Waals surface area (Å²) in [5, 5.41) is 3.09. The van der Waals surface area contributed by atoms with E-state index >= 15 is 0 Å². The summed E-state index contributed by atoms with van der Waals surface area (Å²) < 4.78 is 27.2. The third kappa shape index (κ3) is 3.93. The first-order valence-corrected chi connectivity index (χ1v) is 10.5. The van der Waals surface area contributed by atoms with E-state index in [1.807, 2.05) is 4.90 Å². The van der Waals surface area contributed by atoms with Crippen molar-refractivity contribution in [1.82, 2.24) is 14.5 Å². The van der Waals surface area contributed by atoms with Gasteiger partial charge in [0.2, 0.25) is 10.0 Å². The lowest BCUT2D eigenvalue weighted by atomic mass is 9.84. The molecule has 8 heteroatoms. The number of halogens is 1. The van der Waals surface area contributed by atoms with Gasteiger partial charge in [-0.25, -0.2) is 13.2 Å². The number of carbonyl (C=O) groups is 1. The summed E-state index contributed by atoms with van der Waals surface area (Å²) in [7, 11) is -1.84. The van der Waals surface area contributed by atoms with Crippen molar-refractivity contribution in [2.75, 3.05) is 33.2 Å². The molecule has 2 heterocycles. The molecule has 2 amide bonds. The van der Waals surface area contributed by atoms with Gasteiger partial charge in [-0.3, -0.25) is 0 Å². The van der Waals surface area contributed by atoms with Crippen LogP contribution >= 0.6 is 11.6 Å². The molecule has 0 aromatic heterocycles. The predicted octanol–water partition coefficient (Wildman–Crippen LogP) is 2.40. The van der Waals surface area contributed by atoms with Gasteiger partial charge in [0.25, 0.3) is 0 Å². The summed E-state index contributed by atoms with van der Waals surface area (Å²) in [6.07, 6.45) is 2.75. The molecule has 25 heavy (non-hydrogen) atoms. The number of benzene rings is 1. The van der Waals surface area contributed by atoms with E-state index in [1.165, 1.54) is 6.07 Å². The maximum absolute atomic E-state index is 12.8. The fraction of sp³-hybridized carbons (Fsp3) is 0.588. The number of rotatable bonds is 3. The highest BCUT2D eigenvalue weighted by Gasteiger charge is 2.37. The second kappa shape index (κ2) is 7.51. The van der Waals surface area contributed by atoms with Crippen LogP contribution in [0.2, 0.25) is 5.02 Å². The number of nitrogens with zero attached hydrogens (tertiary/aromatic N) is 2. The van der Waals surface area contributed by atoms with E-state index in [0.29, 0.717) is 29.9 Å². The molecule has 1 unspecified atom stereocenters. The second-order valence-corrected chi connectivity index (χ2v) is 9.12. The van der Waals surface area contributed by atoms with Crippen molar-refractivity contribution in [2.24, 2.45) is 11.8 Å². The fourth-order valence-electron chi connectivity index (χ4n) is 3.87. The summed E-state index contributed by atoms with van der Waals surface area (Å²) in [5.74, 6) is 0.835. The Bertz CT molecular complexity index is 732. The molecule has 2 fully saturated rings. The van der Waals surface area contributed by atoms with Crippen LogP contribution in [0.25, 0.3) is 0 Å². The molecule has 1 aromatic carbocycles. The number of nitrogens with one attached hydrogen (secondary N) is 1. The summed E-state index contributed by atoms with van der Waals surface area (Å²) in [6.45, 7) is 2.58. The number of hydrogen-bond acceptors (Lipinski definition) is 3. The molecule has 0 spiro atoms. The zero-order chi connectivity index (χ0) is 18.0. The van der Waals surface area contributed by atoms with Crippen molar-refractivity contribution < 1.29 is 13.2 Å². The van der Waals surface area contributed by atoms with Crippen molar-refractivity contribution >= 4 is 27.7 Å². The molecule has 2 aliphatic rings. The summed E-state index contributed by atoms with van der Waals surface area (Å²) >= 11 is 5.94. The van der Waals surface area contributed by atoms with E-state index in [1.54, 1.807) is 29.6 Å². The quantitative estimate of drug-likeness (QED) is 0.868. The van der Waals surface area contributed by atoms with Crippen LogP contribution in [0.4, 0.5) is 4.79 Å². The SMILES string of the molecule is CNC(=O)N1CCC(C2CCN(S(=O)(=O)c3cccc(Cl)c3)C2)CC1. The van der Waals surface area contributed by atoms with E-state index in [-0.39, 0.29) is 10.9 Å².